The summed E-state index contributed by atoms with van der Waals surface area (Å²) in [6.45, 7) is 4.69. The molecule has 1 atom stereocenters. The van der Waals surface area contributed by atoms with E-state index in [1.807, 2.05) is 24.4 Å². The maximum atomic E-state index is 11.9. The monoisotopic (exact) mass is 294 g/mol. The van der Waals surface area contributed by atoms with Crippen LogP contribution in [-0.2, 0) is 9.53 Å². The molecule has 114 valence electrons. The number of ether oxygens (including phenoxy) is 1. The normalized spacial score (nSPS) is 16.2. The second kappa shape index (κ2) is 6.94. The minimum Gasteiger partial charge on any atom is -0.463 e. The molecular formula is C14H20N3O4+. The van der Waals surface area contributed by atoms with E-state index in [1.165, 1.54) is 0 Å². The maximum Gasteiger partial charge on any atom is 0.337 e. The third-order valence-electron chi connectivity index (χ3n) is 3.24. The first-order chi connectivity index (χ1) is 10.1. The Bertz CT molecular complexity index is 536. The largest absolute Gasteiger partial charge is 0.463 e. The number of hydrogen-bond donors (Lipinski definition) is 3. The smallest absolute Gasteiger partial charge is 0.337 e. The van der Waals surface area contributed by atoms with Gasteiger partial charge in [-0.3, -0.25) is 0 Å². The summed E-state index contributed by atoms with van der Waals surface area (Å²) in [4.78, 5) is 23.3. The van der Waals surface area contributed by atoms with Crippen molar-refractivity contribution in [2.24, 2.45) is 0 Å². The lowest BCUT2D eigenvalue weighted by Gasteiger charge is -2.21. The highest BCUT2D eigenvalue weighted by Crippen LogP contribution is 2.09. The fraction of sp³-hybridized carbons (Fsp3) is 0.429. The molecule has 1 aromatic heterocycles. The van der Waals surface area contributed by atoms with Gasteiger partial charge in [0.15, 0.2) is 5.76 Å². The number of hydrogen-bond acceptors (Lipinski definition) is 4. The van der Waals surface area contributed by atoms with Crippen molar-refractivity contribution >= 4 is 12.0 Å². The Balaban J connectivity index is 2.05. The maximum absolute atomic E-state index is 11.9. The van der Waals surface area contributed by atoms with Gasteiger partial charge in [-0.25, -0.2) is 9.59 Å². The van der Waals surface area contributed by atoms with Gasteiger partial charge in [-0.05, 0) is 26.0 Å². The number of rotatable bonds is 6. The third-order valence-corrected chi connectivity index (χ3v) is 3.24. The lowest BCUT2D eigenvalue weighted by atomic mass is 10.1. The summed E-state index contributed by atoms with van der Waals surface area (Å²) in [6, 6.07) is 3.50. The molecule has 7 nitrogen and oxygen atoms in total. The van der Waals surface area contributed by atoms with Crippen LogP contribution in [0.4, 0.5) is 4.79 Å². The highest BCUT2D eigenvalue weighted by Gasteiger charge is 2.25. The van der Waals surface area contributed by atoms with Gasteiger partial charge >= 0.3 is 12.0 Å². The summed E-state index contributed by atoms with van der Waals surface area (Å²) >= 11 is 0. The van der Waals surface area contributed by atoms with E-state index < -0.39 is 5.97 Å². The van der Waals surface area contributed by atoms with Gasteiger partial charge in [0.1, 0.15) is 12.6 Å². The molecule has 0 saturated carbocycles. The molecule has 7 heteroatoms. The molecule has 0 radical (unpaired) electrons. The Labute approximate surface area is 122 Å². The lowest BCUT2D eigenvalue weighted by molar-refractivity contribution is -0.688. The lowest BCUT2D eigenvalue weighted by Crippen LogP contribution is -2.85. The van der Waals surface area contributed by atoms with E-state index in [0.29, 0.717) is 24.4 Å². The van der Waals surface area contributed by atoms with E-state index >= 15 is 0 Å². The van der Waals surface area contributed by atoms with Crippen molar-refractivity contribution in [2.45, 2.75) is 19.9 Å². The summed E-state index contributed by atoms with van der Waals surface area (Å²) in [6.07, 6.45) is 1.62. The standard InChI is InChI=1S/C14H19N3O4/c1-3-20-13(18)10-7-16-14(19)17-11(10)8-15-9(2)12-5-4-6-21-12/h4-6,9,15H,3,7-8H2,1-2H3,(H2,16,17,19)/p+1/t9-/m0/s1. The molecule has 0 saturated heterocycles. The Kier molecular flexibility index (Phi) is 4.99. The number of urea groups is 1. The Morgan fingerprint density at radius 2 is 2.38 bits per heavy atom. The van der Waals surface area contributed by atoms with Gasteiger partial charge < -0.3 is 25.1 Å². The minimum absolute atomic E-state index is 0.0859. The zero-order valence-electron chi connectivity index (χ0n) is 12.1. The van der Waals surface area contributed by atoms with Crippen molar-refractivity contribution < 1.29 is 24.1 Å². The molecule has 2 amide bonds. The van der Waals surface area contributed by atoms with E-state index in [-0.39, 0.29) is 18.6 Å². The van der Waals surface area contributed by atoms with Gasteiger partial charge in [0.25, 0.3) is 0 Å². The molecule has 1 aromatic rings. The van der Waals surface area contributed by atoms with Gasteiger partial charge in [0, 0.05) is 0 Å². The van der Waals surface area contributed by atoms with E-state index in [2.05, 4.69) is 10.6 Å². The molecule has 1 aliphatic heterocycles. The Morgan fingerprint density at radius 1 is 1.57 bits per heavy atom. The van der Waals surface area contributed by atoms with Crippen LogP contribution in [0.5, 0.6) is 0 Å². The zero-order chi connectivity index (χ0) is 15.2. The predicted octanol–water partition coefficient (Wildman–Crippen LogP) is 0.0340. The molecule has 1 aliphatic rings. The highest BCUT2D eigenvalue weighted by atomic mass is 16.5. The third kappa shape index (κ3) is 3.85. The van der Waals surface area contributed by atoms with Crippen molar-refractivity contribution in [1.82, 2.24) is 10.6 Å². The van der Waals surface area contributed by atoms with E-state index in [1.54, 1.807) is 13.2 Å². The van der Waals surface area contributed by atoms with Crippen LogP contribution in [0, 0.1) is 0 Å². The molecule has 2 heterocycles. The van der Waals surface area contributed by atoms with Crippen LogP contribution in [-0.4, -0.2) is 31.7 Å². The number of carbonyl (C=O) groups excluding carboxylic acids is 2. The number of nitrogens with one attached hydrogen (secondary N) is 2. The predicted molar refractivity (Wildman–Crippen MR) is 74.1 cm³/mol. The van der Waals surface area contributed by atoms with Crippen LogP contribution in [0.25, 0.3) is 0 Å². The molecule has 0 unspecified atom stereocenters. The molecule has 0 spiro atoms. The van der Waals surface area contributed by atoms with Crippen molar-refractivity contribution in [3.63, 3.8) is 0 Å². The Hall–Kier alpha value is -2.28. The number of quaternary nitrogens is 1. The second-order valence-corrected chi connectivity index (χ2v) is 4.73. The summed E-state index contributed by atoms with van der Waals surface area (Å²) < 4.78 is 10.3. The summed E-state index contributed by atoms with van der Waals surface area (Å²) in [5.74, 6) is 0.438. The summed E-state index contributed by atoms with van der Waals surface area (Å²) in [7, 11) is 0. The van der Waals surface area contributed by atoms with Crippen LogP contribution in [0.15, 0.2) is 34.1 Å². The van der Waals surface area contributed by atoms with E-state index in [4.69, 9.17) is 9.15 Å². The first-order valence-electron chi connectivity index (χ1n) is 6.92. The molecule has 0 fully saturated rings. The van der Waals surface area contributed by atoms with Gasteiger partial charge in [-0.2, -0.15) is 0 Å². The average molecular weight is 294 g/mol. The first-order valence-corrected chi connectivity index (χ1v) is 6.92. The number of nitrogens with two attached hydrogens (primary N) is 1. The van der Waals surface area contributed by atoms with Gasteiger partial charge in [0.05, 0.1) is 30.7 Å². The summed E-state index contributed by atoms with van der Waals surface area (Å²) in [5, 5.41) is 7.23. The molecule has 0 bridgehead atoms. The molecular weight excluding hydrogens is 274 g/mol. The van der Waals surface area contributed by atoms with Crippen LogP contribution in [0.3, 0.4) is 0 Å². The molecule has 4 N–H and O–H groups in total. The minimum atomic E-state index is -0.404. The number of furan rings is 1. The Morgan fingerprint density at radius 3 is 3.05 bits per heavy atom. The fourth-order valence-electron chi connectivity index (χ4n) is 2.08. The summed E-state index contributed by atoms with van der Waals surface area (Å²) in [5.41, 5.74) is 1.04. The van der Waals surface area contributed by atoms with Crippen LogP contribution >= 0.6 is 0 Å². The van der Waals surface area contributed by atoms with Crippen molar-refractivity contribution in [1.29, 1.82) is 0 Å². The average Bonchev–Trinajstić information content (AvgIpc) is 2.99. The van der Waals surface area contributed by atoms with Crippen LogP contribution in [0.1, 0.15) is 25.6 Å². The van der Waals surface area contributed by atoms with E-state index in [0.717, 1.165) is 5.76 Å². The van der Waals surface area contributed by atoms with Crippen LogP contribution in [0.2, 0.25) is 0 Å². The highest BCUT2D eigenvalue weighted by molar-refractivity contribution is 5.93. The van der Waals surface area contributed by atoms with Gasteiger partial charge in [0.2, 0.25) is 0 Å². The van der Waals surface area contributed by atoms with Crippen molar-refractivity contribution in [3.8, 4) is 0 Å². The number of carbonyl (C=O) groups is 2. The topological polar surface area (TPSA) is 97.2 Å². The molecule has 0 aliphatic carbocycles. The number of amides is 2. The molecule has 2 rings (SSSR count). The van der Waals surface area contributed by atoms with Gasteiger partial charge in [-0.1, -0.05) is 0 Å². The number of esters is 1. The first kappa shape index (κ1) is 15.1. The second-order valence-electron chi connectivity index (χ2n) is 4.73. The molecule has 0 aromatic carbocycles. The van der Waals surface area contributed by atoms with Gasteiger partial charge in [-0.15, -0.1) is 0 Å². The SMILES string of the molecule is CCOC(=O)C1=C(C[NH2+][C@@H](C)c2ccco2)NC(=O)NC1. The zero-order valence-corrected chi connectivity index (χ0v) is 12.1. The molecule has 21 heavy (non-hydrogen) atoms. The van der Waals surface area contributed by atoms with Crippen molar-refractivity contribution in [3.05, 3.63) is 35.4 Å². The fourth-order valence-corrected chi connectivity index (χ4v) is 2.08. The van der Waals surface area contributed by atoms with E-state index in [9.17, 15) is 9.59 Å². The van der Waals surface area contributed by atoms with Crippen molar-refractivity contribution in [2.75, 3.05) is 19.7 Å². The quantitative estimate of drug-likeness (QED) is 0.645. The van der Waals surface area contributed by atoms with Crippen LogP contribution < -0.4 is 16.0 Å².